The monoisotopic (exact) mass is 295 g/mol. The van der Waals surface area contributed by atoms with E-state index < -0.39 is 0 Å². The van der Waals surface area contributed by atoms with Crippen molar-refractivity contribution in [3.05, 3.63) is 10.8 Å². The highest BCUT2D eigenvalue weighted by Gasteiger charge is 2.23. The Balaban J connectivity index is 1.76. The molecule has 3 heterocycles. The molecule has 0 amide bonds. The summed E-state index contributed by atoms with van der Waals surface area (Å²) in [5.74, 6) is 1.42. The number of hydrogen-bond donors (Lipinski definition) is 1. The molecule has 110 valence electrons. The summed E-state index contributed by atoms with van der Waals surface area (Å²) in [5.41, 5.74) is 0. The second-order valence-electron chi connectivity index (χ2n) is 5.33. The predicted molar refractivity (Wildman–Crippen MR) is 78.0 cm³/mol. The smallest absolute Gasteiger partial charge is 0.234 e. The van der Waals surface area contributed by atoms with Gasteiger partial charge in [0.2, 0.25) is 4.96 Å². The lowest BCUT2D eigenvalue weighted by molar-refractivity contribution is 0.0831. The Morgan fingerprint density at radius 2 is 2.20 bits per heavy atom. The number of hydrogen-bond acceptors (Lipinski definition) is 6. The van der Waals surface area contributed by atoms with Crippen LogP contribution in [0.25, 0.3) is 4.96 Å². The van der Waals surface area contributed by atoms with Crippen molar-refractivity contribution in [3.63, 3.8) is 0 Å². The Hall–Kier alpha value is -1.05. The molecule has 0 bridgehead atoms. The number of fused-ring (bicyclic) bond motifs is 1. The first kappa shape index (κ1) is 13.9. The molecule has 1 atom stereocenters. The van der Waals surface area contributed by atoms with E-state index in [0.717, 1.165) is 54.8 Å². The van der Waals surface area contributed by atoms with E-state index in [1.54, 1.807) is 11.3 Å². The molecule has 1 unspecified atom stereocenters. The molecule has 0 radical (unpaired) electrons. The fourth-order valence-corrected chi connectivity index (χ4v) is 3.15. The zero-order valence-corrected chi connectivity index (χ0v) is 12.8. The van der Waals surface area contributed by atoms with E-state index in [0.29, 0.717) is 12.0 Å². The second-order valence-corrected chi connectivity index (χ2v) is 6.37. The van der Waals surface area contributed by atoms with Crippen LogP contribution in [0.15, 0.2) is 0 Å². The summed E-state index contributed by atoms with van der Waals surface area (Å²) < 4.78 is 7.33. The average molecular weight is 295 g/mol. The number of nitrogens with one attached hydrogen (secondary N) is 1. The Morgan fingerprint density at radius 1 is 1.40 bits per heavy atom. The zero-order valence-electron chi connectivity index (χ0n) is 12.0. The van der Waals surface area contributed by atoms with Crippen LogP contribution < -0.4 is 5.32 Å². The molecular formula is C13H21N5OS. The van der Waals surface area contributed by atoms with Crippen molar-refractivity contribution in [1.82, 2.24) is 25.1 Å². The Morgan fingerprint density at radius 3 is 2.95 bits per heavy atom. The van der Waals surface area contributed by atoms with Crippen LogP contribution in [0.5, 0.6) is 0 Å². The van der Waals surface area contributed by atoms with Crippen LogP contribution in [0.1, 0.15) is 49.9 Å². The lowest BCUT2D eigenvalue weighted by atomic mass is 10.00. The Kier molecular flexibility index (Phi) is 4.28. The van der Waals surface area contributed by atoms with Gasteiger partial charge in [-0.05, 0) is 26.2 Å². The molecule has 0 saturated carbocycles. The van der Waals surface area contributed by atoms with Gasteiger partial charge in [-0.15, -0.1) is 10.2 Å². The molecule has 2 aromatic heterocycles. The third-order valence-corrected chi connectivity index (χ3v) is 4.76. The van der Waals surface area contributed by atoms with Crippen molar-refractivity contribution >= 4 is 16.3 Å². The first-order valence-corrected chi connectivity index (χ1v) is 8.11. The maximum Gasteiger partial charge on any atom is 0.234 e. The molecule has 1 N–H and O–H groups in total. The molecule has 6 nitrogen and oxygen atoms in total. The number of rotatable bonds is 5. The highest BCUT2D eigenvalue weighted by molar-refractivity contribution is 7.16. The molecule has 1 saturated heterocycles. The number of aromatic nitrogens is 4. The topological polar surface area (TPSA) is 64.3 Å². The number of ether oxygens (including phenoxy) is 1. The molecule has 0 spiro atoms. The summed E-state index contributed by atoms with van der Waals surface area (Å²) in [7, 11) is 0. The van der Waals surface area contributed by atoms with Gasteiger partial charge < -0.3 is 10.1 Å². The molecule has 2 aromatic rings. The van der Waals surface area contributed by atoms with E-state index in [2.05, 4.69) is 34.5 Å². The maximum atomic E-state index is 5.41. The van der Waals surface area contributed by atoms with Gasteiger partial charge >= 0.3 is 0 Å². The largest absolute Gasteiger partial charge is 0.381 e. The van der Waals surface area contributed by atoms with Crippen molar-refractivity contribution in [3.8, 4) is 0 Å². The van der Waals surface area contributed by atoms with Crippen molar-refractivity contribution in [2.24, 2.45) is 0 Å². The Bertz CT molecular complexity index is 560. The fourth-order valence-electron chi connectivity index (χ4n) is 2.36. The molecular weight excluding hydrogens is 274 g/mol. The summed E-state index contributed by atoms with van der Waals surface area (Å²) in [5, 5.41) is 17.8. The first-order chi connectivity index (χ1) is 9.78. The third kappa shape index (κ3) is 2.84. The van der Waals surface area contributed by atoms with Gasteiger partial charge in [0.15, 0.2) is 5.82 Å². The molecule has 1 fully saturated rings. The van der Waals surface area contributed by atoms with Gasteiger partial charge in [-0.2, -0.15) is 9.61 Å². The average Bonchev–Trinajstić information content (AvgIpc) is 3.05. The molecule has 20 heavy (non-hydrogen) atoms. The summed E-state index contributed by atoms with van der Waals surface area (Å²) in [6.07, 6.45) is 3.15. The molecule has 3 rings (SSSR count). The number of nitrogens with zero attached hydrogens (tertiary/aromatic N) is 4. The van der Waals surface area contributed by atoms with E-state index in [9.17, 15) is 0 Å². The van der Waals surface area contributed by atoms with Crippen LogP contribution in [-0.4, -0.2) is 39.1 Å². The van der Waals surface area contributed by atoms with E-state index in [1.165, 1.54) is 0 Å². The molecule has 0 aliphatic carbocycles. The van der Waals surface area contributed by atoms with Crippen LogP contribution in [0.4, 0.5) is 0 Å². The van der Waals surface area contributed by atoms with Crippen molar-refractivity contribution < 1.29 is 4.74 Å². The van der Waals surface area contributed by atoms with Gasteiger partial charge in [-0.25, -0.2) is 0 Å². The van der Waals surface area contributed by atoms with E-state index in [4.69, 9.17) is 4.74 Å². The SMILES string of the molecule is CCC(C)NCc1nn2c(C3CCOCC3)nnc2s1. The Labute approximate surface area is 122 Å². The summed E-state index contributed by atoms with van der Waals surface area (Å²) in [6, 6.07) is 0.513. The van der Waals surface area contributed by atoms with Gasteiger partial charge in [0.05, 0.1) is 0 Å². The third-order valence-electron chi connectivity index (χ3n) is 3.86. The van der Waals surface area contributed by atoms with Gasteiger partial charge in [0.25, 0.3) is 0 Å². The van der Waals surface area contributed by atoms with Crippen LogP contribution in [0.2, 0.25) is 0 Å². The van der Waals surface area contributed by atoms with Gasteiger partial charge in [0, 0.05) is 31.7 Å². The van der Waals surface area contributed by atoms with Gasteiger partial charge in [-0.3, -0.25) is 0 Å². The highest BCUT2D eigenvalue weighted by Crippen LogP contribution is 2.26. The summed E-state index contributed by atoms with van der Waals surface area (Å²) >= 11 is 1.62. The van der Waals surface area contributed by atoms with Crippen LogP contribution in [0.3, 0.4) is 0 Å². The van der Waals surface area contributed by atoms with Crippen LogP contribution in [0, 0.1) is 0 Å². The van der Waals surface area contributed by atoms with Gasteiger partial charge in [-0.1, -0.05) is 18.3 Å². The summed E-state index contributed by atoms with van der Waals surface area (Å²) in [6.45, 7) is 6.79. The second kappa shape index (κ2) is 6.15. The van der Waals surface area contributed by atoms with E-state index in [-0.39, 0.29) is 0 Å². The summed E-state index contributed by atoms with van der Waals surface area (Å²) in [4.78, 5) is 0.896. The van der Waals surface area contributed by atoms with Crippen LogP contribution in [-0.2, 0) is 11.3 Å². The minimum absolute atomic E-state index is 0.427. The molecule has 0 aromatic carbocycles. The minimum atomic E-state index is 0.427. The molecule has 1 aliphatic rings. The molecule has 7 heteroatoms. The lowest BCUT2D eigenvalue weighted by Gasteiger charge is -2.19. The quantitative estimate of drug-likeness (QED) is 0.913. The van der Waals surface area contributed by atoms with Gasteiger partial charge in [0.1, 0.15) is 5.01 Å². The van der Waals surface area contributed by atoms with Crippen molar-refractivity contribution in [1.29, 1.82) is 0 Å². The fraction of sp³-hybridized carbons (Fsp3) is 0.769. The minimum Gasteiger partial charge on any atom is -0.381 e. The first-order valence-electron chi connectivity index (χ1n) is 7.30. The lowest BCUT2D eigenvalue weighted by Crippen LogP contribution is -2.24. The van der Waals surface area contributed by atoms with Crippen molar-refractivity contribution in [2.45, 2.75) is 51.6 Å². The van der Waals surface area contributed by atoms with Crippen molar-refractivity contribution in [2.75, 3.05) is 13.2 Å². The zero-order chi connectivity index (χ0) is 13.9. The van der Waals surface area contributed by atoms with E-state index >= 15 is 0 Å². The predicted octanol–water partition coefficient (Wildman–Crippen LogP) is 1.97. The highest BCUT2D eigenvalue weighted by atomic mass is 32.1. The molecule has 1 aliphatic heterocycles. The standard InChI is InChI=1S/C13H21N5OS/c1-3-9(2)14-8-11-17-18-12(15-16-13(18)20-11)10-4-6-19-7-5-10/h9-10,14H,3-8H2,1-2H3. The normalized spacial score (nSPS) is 18.7. The maximum absolute atomic E-state index is 5.41. The van der Waals surface area contributed by atoms with Crippen LogP contribution >= 0.6 is 11.3 Å². The van der Waals surface area contributed by atoms with E-state index in [1.807, 2.05) is 4.52 Å².